The van der Waals surface area contributed by atoms with Gasteiger partial charge in [-0.1, -0.05) is 6.07 Å². The summed E-state index contributed by atoms with van der Waals surface area (Å²) in [4.78, 5) is 13.1. The molecule has 5 heteroatoms. The van der Waals surface area contributed by atoms with Crippen molar-refractivity contribution in [2.24, 2.45) is 0 Å². The number of benzene rings is 1. The quantitative estimate of drug-likeness (QED) is 0.664. The molecule has 1 N–H and O–H groups in total. The number of nitrogens with one attached hydrogen (secondary N) is 1. The van der Waals surface area contributed by atoms with Gasteiger partial charge < -0.3 is 10.2 Å². The minimum Gasteiger partial charge on any atom is -0.368 e. The lowest BCUT2D eigenvalue weighted by atomic mass is 9.98. The number of hydrogen-bond acceptors (Lipinski definition) is 4. The van der Waals surface area contributed by atoms with Crippen molar-refractivity contribution in [2.75, 3.05) is 25.0 Å². The van der Waals surface area contributed by atoms with Crippen LogP contribution in [0, 0.1) is 17.0 Å². The maximum atomic E-state index is 11.1. The first-order valence-electron chi connectivity index (χ1n) is 7.29. The SMILES string of the molecule is CNCCC1CCCCN1c1ccc(C)c([N+](=O)[O-])c1. The van der Waals surface area contributed by atoms with Gasteiger partial charge in [-0.15, -0.1) is 0 Å². The molecule has 5 nitrogen and oxygen atoms in total. The Morgan fingerprint density at radius 1 is 1.45 bits per heavy atom. The first-order chi connectivity index (χ1) is 9.63. The summed E-state index contributed by atoms with van der Waals surface area (Å²) in [5.41, 5.74) is 1.94. The summed E-state index contributed by atoms with van der Waals surface area (Å²) < 4.78 is 0. The first kappa shape index (κ1) is 14.8. The molecule has 0 radical (unpaired) electrons. The van der Waals surface area contributed by atoms with Gasteiger partial charge in [0.25, 0.3) is 5.69 Å². The highest BCUT2D eigenvalue weighted by Gasteiger charge is 2.24. The Labute approximate surface area is 120 Å². The van der Waals surface area contributed by atoms with E-state index in [0.29, 0.717) is 6.04 Å². The predicted octanol–water partition coefficient (Wildman–Crippen LogP) is 2.87. The Hall–Kier alpha value is -1.62. The van der Waals surface area contributed by atoms with E-state index in [1.807, 2.05) is 19.2 Å². The van der Waals surface area contributed by atoms with Crippen molar-refractivity contribution < 1.29 is 4.92 Å². The third kappa shape index (κ3) is 3.28. The van der Waals surface area contributed by atoms with Gasteiger partial charge in [-0.3, -0.25) is 10.1 Å². The molecular formula is C15H23N3O2. The van der Waals surface area contributed by atoms with E-state index in [-0.39, 0.29) is 10.6 Å². The molecule has 0 aliphatic carbocycles. The lowest BCUT2D eigenvalue weighted by Gasteiger charge is -2.37. The highest BCUT2D eigenvalue weighted by molar-refractivity contribution is 5.57. The average molecular weight is 277 g/mol. The second kappa shape index (κ2) is 6.70. The summed E-state index contributed by atoms with van der Waals surface area (Å²) >= 11 is 0. The lowest BCUT2D eigenvalue weighted by molar-refractivity contribution is -0.385. The third-order valence-electron chi connectivity index (χ3n) is 4.08. The molecule has 110 valence electrons. The Morgan fingerprint density at radius 2 is 2.25 bits per heavy atom. The Kier molecular flexibility index (Phi) is 4.95. The summed E-state index contributed by atoms with van der Waals surface area (Å²) in [6.45, 7) is 3.76. The summed E-state index contributed by atoms with van der Waals surface area (Å²) in [5.74, 6) is 0. The van der Waals surface area contributed by atoms with Crippen molar-refractivity contribution in [1.82, 2.24) is 5.32 Å². The van der Waals surface area contributed by atoms with Crippen molar-refractivity contribution >= 4 is 11.4 Å². The fraction of sp³-hybridized carbons (Fsp3) is 0.600. The van der Waals surface area contributed by atoms with E-state index < -0.39 is 0 Å². The molecule has 1 saturated heterocycles. The van der Waals surface area contributed by atoms with E-state index in [4.69, 9.17) is 0 Å². The molecule has 0 saturated carbocycles. The summed E-state index contributed by atoms with van der Waals surface area (Å²) in [5, 5.41) is 14.3. The molecule has 0 aromatic heterocycles. The van der Waals surface area contributed by atoms with Crippen molar-refractivity contribution in [3.8, 4) is 0 Å². The van der Waals surface area contributed by atoms with Crippen LogP contribution in [0.3, 0.4) is 0 Å². The molecule has 1 aliphatic heterocycles. The van der Waals surface area contributed by atoms with Gasteiger partial charge in [0.2, 0.25) is 0 Å². The van der Waals surface area contributed by atoms with E-state index in [2.05, 4.69) is 10.2 Å². The van der Waals surface area contributed by atoms with Crippen LogP contribution in [0.4, 0.5) is 11.4 Å². The predicted molar refractivity (Wildman–Crippen MR) is 81.4 cm³/mol. The zero-order valence-electron chi connectivity index (χ0n) is 12.3. The number of nitro groups is 1. The van der Waals surface area contributed by atoms with Crippen LogP contribution in [0.2, 0.25) is 0 Å². The van der Waals surface area contributed by atoms with E-state index >= 15 is 0 Å². The molecule has 0 amide bonds. The summed E-state index contributed by atoms with van der Waals surface area (Å²) in [7, 11) is 1.96. The van der Waals surface area contributed by atoms with E-state index in [9.17, 15) is 10.1 Å². The largest absolute Gasteiger partial charge is 0.368 e. The Balaban J connectivity index is 2.23. The zero-order chi connectivity index (χ0) is 14.5. The highest BCUT2D eigenvalue weighted by Crippen LogP contribution is 2.30. The van der Waals surface area contributed by atoms with Crippen LogP contribution >= 0.6 is 0 Å². The Bertz CT molecular complexity index is 476. The summed E-state index contributed by atoms with van der Waals surface area (Å²) in [6.07, 6.45) is 4.66. The van der Waals surface area contributed by atoms with Gasteiger partial charge in [0.15, 0.2) is 0 Å². The maximum Gasteiger partial charge on any atom is 0.274 e. The van der Waals surface area contributed by atoms with Crippen LogP contribution in [0.1, 0.15) is 31.2 Å². The zero-order valence-corrected chi connectivity index (χ0v) is 12.3. The number of anilines is 1. The number of nitrogens with zero attached hydrogens (tertiary/aromatic N) is 2. The fourth-order valence-corrected chi connectivity index (χ4v) is 2.92. The van der Waals surface area contributed by atoms with Crippen LogP contribution < -0.4 is 10.2 Å². The normalized spacial score (nSPS) is 19.1. The molecule has 1 unspecified atom stereocenters. The molecule has 1 aliphatic rings. The summed E-state index contributed by atoms with van der Waals surface area (Å²) in [6, 6.07) is 6.09. The van der Waals surface area contributed by atoms with Crippen LogP contribution in [0.25, 0.3) is 0 Å². The van der Waals surface area contributed by atoms with Gasteiger partial charge >= 0.3 is 0 Å². The smallest absolute Gasteiger partial charge is 0.274 e. The first-order valence-corrected chi connectivity index (χ1v) is 7.29. The standard InChI is InChI=1S/C15H23N3O2/c1-12-6-7-14(11-15(12)18(19)20)17-10-4-3-5-13(17)8-9-16-2/h6-7,11,13,16H,3-5,8-10H2,1-2H3. The van der Waals surface area contributed by atoms with Gasteiger partial charge in [0.1, 0.15) is 0 Å². The monoisotopic (exact) mass is 277 g/mol. The van der Waals surface area contributed by atoms with Crippen LogP contribution in [-0.2, 0) is 0 Å². The fourth-order valence-electron chi connectivity index (χ4n) is 2.92. The van der Waals surface area contributed by atoms with Crippen molar-refractivity contribution in [1.29, 1.82) is 0 Å². The molecule has 2 rings (SSSR count). The minimum atomic E-state index is -0.286. The Morgan fingerprint density at radius 3 is 2.95 bits per heavy atom. The molecule has 1 fully saturated rings. The van der Waals surface area contributed by atoms with Crippen LogP contribution in [-0.4, -0.2) is 31.1 Å². The van der Waals surface area contributed by atoms with Crippen molar-refractivity contribution in [3.63, 3.8) is 0 Å². The number of hydrogen-bond donors (Lipinski definition) is 1. The molecule has 20 heavy (non-hydrogen) atoms. The van der Waals surface area contributed by atoms with E-state index in [1.165, 1.54) is 12.8 Å². The van der Waals surface area contributed by atoms with Gasteiger partial charge in [-0.2, -0.15) is 0 Å². The number of rotatable bonds is 5. The second-order valence-corrected chi connectivity index (χ2v) is 5.46. The maximum absolute atomic E-state index is 11.1. The van der Waals surface area contributed by atoms with E-state index in [1.54, 1.807) is 13.0 Å². The molecular weight excluding hydrogens is 254 g/mol. The van der Waals surface area contributed by atoms with Crippen LogP contribution in [0.5, 0.6) is 0 Å². The minimum absolute atomic E-state index is 0.223. The average Bonchev–Trinajstić information content (AvgIpc) is 2.46. The third-order valence-corrected chi connectivity index (χ3v) is 4.08. The number of aryl methyl sites for hydroxylation is 1. The van der Waals surface area contributed by atoms with E-state index in [0.717, 1.165) is 37.2 Å². The molecule has 1 aromatic carbocycles. The van der Waals surface area contributed by atoms with Gasteiger partial charge in [-0.25, -0.2) is 0 Å². The van der Waals surface area contributed by atoms with Gasteiger partial charge in [-0.05, 0) is 52.3 Å². The second-order valence-electron chi connectivity index (χ2n) is 5.46. The lowest BCUT2D eigenvalue weighted by Crippen LogP contribution is -2.41. The molecule has 0 spiro atoms. The van der Waals surface area contributed by atoms with Crippen molar-refractivity contribution in [2.45, 2.75) is 38.6 Å². The number of nitro benzene ring substituents is 1. The molecule has 1 heterocycles. The number of piperidine rings is 1. The van der Waals surface area contributed by atoms with Gasteiger partial charge in [0.05, 0.1) is 4.92 Å². The molecule has 1 atom stereocenters. The topological polar surface area (TPSA) is 58.4 Å². The molecule has 1 aromatic rings. The highest BCUT2D eigenvalue weighted by atomic mass is 16.6. The van der Waals surface area contributed by atoms with Gasteiger partial charge in [0, 0.05) is 29.9 Å². The van der Waals surface area contributed by atoms with Crippen LogP contribution in [0.15, 0.2) is 18.2 Å². The molecule has 0 bridgehead atoms. The van der Waals surface area contributed by atoms with Crippen molar-refractivity contribution in [3.05, 3.63) is 33.9 Å².